The molecule has 0 bridgehead atoms. The molecule has 0 atom stereocenters. The zero-order valence-corrected chi connectivity index (χ0v) is 13.3. The number of aromatic carboxylic acids is 1. The number of methoxy groups -OCH3 is 1. The van der Waals surface area contributed by atoms with Crippen LogP contribution in [0.2, 0.25) is 0 Å². The number of carbonyl (C=O) groups excluding carboxylic acids is 1. The van der Waals surface area contributed by atoms with Crippen molar-refractivity contribution >= 4 is 11.8 Å². The highest BCUT2D eigenvalue weighted by Gasteiger charge is 2.26. The van der Waals surface area contributed by atoms with E-state index in [0.29, 0.717) is 13.0 Å². The van der Waals surface area contributed by atoms with E-state index in [9.17, 15) is 19.1 Å². The normalized spacial score (nSPS) is 10.3. The lowest BCUT2D eigenvalue weighted by Crippen LogP contribution is -2.13. The molecule has 0 unspecified atom stereocenters. The van der Waals surface area contributed by atoms with Crippen molar-refractivity contribution in [2.45, 2.75) is 13.3 Å². The first-order chi connectivity index (χ1) is 11.5. The van der Waals surface area contributed by atoms with Gasteiger partial charge in [-0.05, 0) is 24.6 Å². The molecular formula is C18H17FO5. The molecule has 6 heteroatoms. The van der Waals surface area contributed by atoms with E-state index in [1.807, 2.05) is 6.92 Å². The Bertz CT molecular complexity index is 770. The van der Waals surface area contributed by atoms with Gasteiger partial charge in [0.1, 0.15) is 11.3 Å². The van der Waals surface area contributed by atoms with Gasteiger partial charge in [0, 0.05) is 5.56 Å². The molecule has 0 saturated carbocycles. The molecule has 0 aliphatic rings. The maximum atomic E-state index is 14.7. The summed E-state index contributed by atoms with van der Waals surface area (Å²) >= 11 is 0. The predicted molar refractivity (Wildman–Crippen MR) is 85.6 cm³/mol. The van der Waals surface area contributed by atoms with Gasteiger partial charge < -0.3 is 14.6 Å². The number of carbonyl (C=O) groups is 2. The molecule has 0 saturated heterocycles. The van der Waals surface area contributed by atoms with Crippen LogP contribution in [0.25, 0.3) is 0 Å². The number of halogens is 1. The molecule has 0 radical (unpaired) electrons. The summed E-state index contributed by atoms with van der Waals surface area (Å²) in [4.78, 5) is 24.1. The third kappa shape index (κ3) is 3.37. The van der Waals surface area contributed by atoms with E-state index in [0.717, 1.165) is 0 Å². The number of ketones is 1. The molecular weight excluding hydrogens is 315 g/mol. The number of hydrogen-bond donors (Lipinski definition) is 1. The first-order valence-corrected chi connectivity index (χ1v) is 7.37. The Morgan fingerprint density at radius 3 is 2.29 bits per heavy atom. The van der Waals surface area contributed by atoms with Crippen molar-refractivity contribution in [3.05, 3.63) is 58.9 Å². The zero-order chi connectivity index (χ0) is 17.7. The van der Waals surface area contributed by atoms with Gasteiger partial charge in [-0.3, -0.25) is 4.79 Å². The summed E-state index contributed by atoms with van der Waals surface area (Å²) in [6.45, 7) is 2.17. The predicted octanol–water partition coefficient (Wildman–Crippen LogP) is 3.55. The third-order valence-electron chi connectivity index (χ3n) is 3.38. The summed E-state index contributed by atoms with van der Waals surface area (Å²) in [6, 6.07) is 8.45. The molecule has 0 fully saturated rings. The van der Waals surface area contributed by atoms with E-state index in [-0.39, 0.29) is 28.2 Å². The maximum Gasteiger partial charge on any atom is 0.336 e. The maximum absolute atomic E-state index is 14.7. The van der Waals surface area contributed by atoms with Crippen molar-refractivity contribution in [1.82, 2.24) is 0 Å². The molecule has 2 rings (SSSR count). The summed E-state index contributed by atoms with van der Waals surface area (Å²) < 4.78 is 25.0. The van der Waals surface area contributed by atoms with Gasteiger partial charge in [0.25, 0.3) is 0 Å². The lowest BCUT2D eigenvalue weighted by atomic mass is 9.97. The summed E-state index contributed by atoms with van der Waals surface area (Å²) in [5.74, 6) is -2.97. The van der Waals surface area contributed by atoms with Crippen molar-refractivity contribution < 1.29 is 28.6 Å². The van der Waals surface area contributed by atoms with Gasteiger partial charge >= 0.3 is 5.97 Å². The van der Waals surface area contributed by atoms with E-state index >= 15 is 0 Å². The number of carboxylic acid groups (broad SMARTS) is 1. The van der Waals surface area contributed by atoms with Gasteiger partial charge in [-0.1, -0.05) is 25.1 Å². The van der Waals surface area contributed by atoms with E-state index in [1.54, 1.807) is 0 Å². The number of ether oxygens (including phenoxy) is 2. The third-order valence-corrected chi connectivity index (χ3v) is 3.38. The van der Waals surface area contributed by atoms with Crippen LogP contribution in [0.5, 0.6) is 11.5 Å². The number of benzene rings is 2. The Labute approximate surface area is 138 Å². The largest absolute Gasteiger partial charge is 0.494 e. The molecule has 0 amide bonds. The molecule has 0 spiro atoms. The average molecular weight is 332 g/mol. The number of rotatable bonds is 7. The summed E-state index contributed by atoms with van der Waals surface area (Å²) in [6.07, 6.45) is 0.674. The smallest absolute Gasteiger partial charge is 0.336 e. The van der Waals surface area contributed by atoms with Gasteiger partial charge in [-0.15, -0.1) is 0 Å². The Kier molecular flexibility index (Phi) is 5.52. The molecule has 0 aliphatic heterocycles. The van der Waals surface area contributed by atoms with E-state index in [1.165, 1.54) is 43.5 Å². The molecule has 0 aliphatic carbocycles. The second-order valence-electron chi connectivity index (χ2n) is 4.98. The lowest BCUT2D eigenvalue weighted by molar-refractivity contribution is 0.0692. The molecule has 2 aromatic rings. The van der Waals surface area contributed by atoms with Crippen molar-refractivity contribution in [2.24, 2.45) is 0 Å². The van der Waals surface area contributed by atoms with E-state index in [4.69, 9.17) is 9.47 Å². The van der Waals surface area contributed by atoms with Gasteiger partial charge in [-0.2, -0.15) is 0 Å². The minimum absolute atomic E-state index is 0.0559. The fourth-order valence-corrected chi connectivity index (χ4v) is 2.24. The Morgan fingerprint density at radius 1 is 1.08 bits per heavy atom. The van der Waals surface area contributed by atoms with Crippen LogP contribution in [0.3, 0.4) is 0 Å². The first-order valence-electron chi connectivity index (χ1n) is 7.37. The van der Waals surface area contributed by atoms with E-state index in [2.05, 4.69) is 0 Å². The minimum Gasteiger partial charge on any atom is -0.494 e. The minimum atomic E-state index is -1.27. The molecule has 1 N–H and O–H groups in total. The van der Waals surface area contributed by atoms with Crippen molar-refractivity contribution in [3.8, 4) is 11.5 Å². The lowest BCUT2D eigenvalue weighted by Gasteiger charge is -2.14. The van der Waals surface area contributed by atoms with Gasteiger partial charge in [0.15, 0.2) is 11.6 Å². The second-order valence-corrected chi connectivity index (χ2v) is 4.98. The van der Waals surface area contributed by atoms with Gasteiger partial charge in [0.2, 0.25) is 5.78 Å². The molecule has 24 heavy (non-hydrogen) atoms. The Balaban J connectivity index is 2.61. The Hall–Kier alpha value is -2.89. The standard InChI is InChI=1S/C18H17FO5/c1-3-10-24-13-8-9-14(23-2)16(19)15(13)17(20)11-6-4-5-7-12(11)18(21)22/h4-9H,3,10H2,1-2H3,(H,21,22). The zero-order valence-electron chi connectivity index (χ0n) is 13.3. The fraction of sp³-hybridized carbons (Fsp3) is 0.222. The van der Waals surface area contributed by atoms with Crippen LogP contribution in [-0.2, 0) is 0 Å². The van der Waals surface area contributed by atoms with Crippen molar-refractivity contribution in [1.29, 1.82) is 0 Å². The molecule has 126 valence electrons. The quantitative estimate of drug-likeness (QED) is 0.785. The molecule has 0 heterocycles. The highest BCUT2D eigenvalue weighted by molar-refractivity contribution is 6.15. The first kappa shape index (κ1) is 17.5. The highest BCUT2D eigenvalue weighted by atomic mass is 19.1. The van der Waals surface area contributed by atoms with Crippen LogP contribution in [0, 0.1) is 5.82 Å². The SMILES string of the molecule is CCCOc1ccc(OC)c(F)c1C(=O)c1ccccc1C(=O)O. The fourth-order valence-electron chi connectivity index (χ4n) is 2.24. The Morgan fingerprint density at radius 2 is 1.71 bits per heavy atom. The molecule has 0 aromatic heterocycles. The van der Waals surface area contributed by atoms with Gasteiger partial charge in [-0.25, -0.2) is 9.18 Å². The van der Waals surface area contributed by atoms with Crippen molar-refractivity contribution in [2.75, 3.05) is 13.7 Å². The van der Waals surface area contributed by atoms with Crippen LogP contribution >= 0.6 is 0 Å². The molecule has 5 nitrogen and oxygen atoms in total. The van der Waals surface area contributed by atoms with Crippen molar-refractivity contribution in [3.63, 3.8) is 0 Å². The highest BCUT2D eigenvalue weighted by Crippen LogP contribution is 2.32. The van der Waals surface area contributed by atoms with Crippen LogP contribution < -0.4 is 9.47 Å². The van der Waals surface area contributed by atoms with Crippen LogP contribution in [-0.4, -0.2) is 30.6 Å². The topological polar surface area (TPSA) is 72.8 Å². The van der Waals surface area contributed by atoms with Crippen LogP contribution in [0.15, 0.2) is 36.4 Å². The van der Waals surface area contributed by atoms with E-state index < -0.39 is 17.6 Å². The average Bonchev–Trinajstić information content (AvgIpc) is 2.59. The summed E-state index contributed by atoms with van der Waals surface area (Å²) in [5, 5.41) is 9.24. The number of carboxylic acids is 1. The monoisotopic (exact) mass is 332 g/mol. The summed E-state index contributed by atoms with van der Waals surface area (Å²) in [5.41, 5.74) is -0.652. The van der Waals surface area contributed by atoms with Crippen LogP contribution in [0.4, 0.5) is 4.39 Å². The van der Waals surface area contributed by atoms with Crippen LogP contribution in [0.1, 0.15) is 39.6 Å². The molecule has 2 aromatic carbocycles. The van der Waals surface area contributed by atoms with Gasteiger partial charge in [0.05, 0.1) is 19.3 Å². The summed E-state index contributed by atoms with van der Waals surface area (Å²) in [7, 11) is 1.28. The number of hydrogen-bond acceptors (Lipinski definition) is 4. The second kappa shape index (κ2) is 7.59.